The summed E-state index contributed by atoms with van der Waals surface area (Å²) >= 11 is 3.51. The molecule has 0 aromatic carbocycles. The summed E-state index contributed by atoms with van der Waals surface area (Å²) in [5, 5.41) is 3.61. The molecular weight excluding hydrogens is 306 g/mol. The Kier molecular flexibility index (Phi) is 5.44. The van der Waals surface area contributed by atoms with Gasteiger partial charge < -0.3 is 5.32 Å². The van der Waals surface area contributed by atoms with Crippen LogP contribution in [0.4, 0.5) is 0 Å². The third kappa shape index (κ3) is 5.38. The predicted molar refractivity (Wildman–Crippen MR) is 72.0 cm³/mol. The first-order chi connectivity index (χ1) is 7.87. The zero-order valence-corrected chi connectivity index (χ0v) is 12.6. The quantitative estimate of drug-likeness (QED) is 0.779. The Morgan fingerprint density at radius 1 is 1.29 bits per heavy atom. The maximum Gasteiger partial charge on any atom is 0.235 e. The van der Waals surface area contributed by atoms with Crippen molar-refractivity contribution in [2.45, 2.75) is 32.1 Å². The van der Waals surface area contributed by atoms with Gasteiger partial charge in [-0.3, -0.25) is 4.79 Å². The Bertz CT molecular complexity index is 361. The second-order valence-corrected chi connectivity index (χ2v) is 7.74. The van der Waals surface area contributed by atoms with Crippen molar-refractivity contribution in [2.75, 3.05) is 23.9 Å². The molecular formula is C11H20BrNO3S. The van der Waals surface area contributed by atoms with Gasteiger partial charge in [-0.1, -0.05) is 35.2 Å². The lowest BCUT2D eigenvalue weighted by atomic mass is 9.75. The number of hydrogen-bond acceptors (Lipinski definition) is 3. The topological polar surface area (TPSA) is 63.2 Å². The number of amides is 1. The summed E-state index contributed by atoms with van der Waals surface area (Å²) in [5.41, 5.74) is 0.116. The van der Waals surface area contributed by atoms with Gasteiger partial charge in [0, 0.05) is 18.1 Å². The Hall–Kier alpha value is -0.100. The van der Waals surface area contributed by atoms with Crippen molar-refractivity contribution in [3.63, 3.8) is 0 Å². The molecule has 1 aliphatic rings. The highest BCUT2D eigenvalue weighted by Crippen LogP contribution is 2.37. The molecule has 1 fully saturated rings. The van der Waals surface area contributed by atoms with Crippen LogP contribution in [0.1, 0.15) is 32.1 Å². The van der Waals surface area contributed by atoms with Gasteiger partial charge in [0.2, 0.25) is 5.91 Å². The fourth-order valence-electron chi connectivity index (χ4n) is 2.23. The molecule has 6 heteroatoms. The summed E-state index contributed by atoms with van der Waals surface area (Å²) in [6.07, 6.45) is 6.90. The standard InChI is InChI=1S/C11H20BrNO3S/c1-17(15,16)7-10(14)13-9-11(8-12)5-3-2-4-6-11/h2-9H2,1H3,(H,13,14). The van der Waals surface area contributed by atoms with Crippen molar-refractivity contribution < 1.29 is 13.2 Å². The summed E-state index contributed by atoms with van der Waals surface area (Å²) in [6, 6.07) is 0. The van der Waals surface area contributed by atoms with Crippen LogP contribution in [0, 0.1) is 5.41 Å². The van der Waals surface area contributed by atoms with E-state index in [1.54, 1.807) is 0 Å². The molecule has 0 bridgehead atoms. The van der Waals surface area contributed by atoms with Gasteiger partial charge >= 0.3 is 0 Å². The lowest BCUT2D eigenvalue weighted by Gasteiger charge is -2.35. The minimum absolute atomic E-state index is 0.116. The second kappa shape index (κ2) is 6.18. The molecule has 0 aromatic rings. The molecule has 100 valence electrons. The minimum atomic E-state index is -3.23. The lowest BCUT2D eigenvalue weighted by Crippen LogP contribution is -2.42. The van der Waals surface area contributed by atoms with Gasteiger partial charge in [-0.25, -0.2) is 8.42 Å². The number of rotatable bonds is 5. The highest BCUT2D eigenvalue weighted by Gasteiger charge is 2.31. The van der Waals surface area contributed by atoms with Gasteiger partial charge in [0.05, 0.1) is 0 Å². The summed E-state index contributed by atoms with van der Waals surface area (Å²) in [4.78, 5) is 11.5. The number of hydrogen-bond donors (Lipinski definition) is 1. The Morgan fingerprint density at radius 3 is 2.35 bits per heavy atom. The zero-order chi connectivity index (χ0) is 12.9. The van der Waals surface area contributed by atoms with Crippen molar-refractivity contribution in [2.24, 2.45) is 5.41 Å². The van der Waals surface area contributed by atoms with Crippen LogP contribution < -0.4 is 5.32 Å². The number of sulfone groups is 1. The molecule has 0 spiro atoms. The van der Waals surface area contributed by atoms with Crippen molar-refractivity contribution in [1.29, 1.82) is 0 Å². The average Bonchev–Trinajstić information content (AvgIpc) is 2.25. The number of halogens is 1. The van der Waals surface area contributed by atoms with E-state index in [1.165, 1.54) is 19.3 Å². The van der Waals surface area contributed by atoms with Crippen molar-refractivity contribution in [1.82, 2.24) is 5.32 Å². The Labute approximate surface area is 112 Å². The van der Waals surface area contributed by atoms with E-state index < -0.39 is 21.5 Å². The molecule has 17 heavy (non-hydrogen) atoms. The second-order valence-electron chi connectivity index (χ2n) is 5.04. The number of nitrogens with one attached hydrogen (secondary N) is 1. The van der Waals surface area contributed by atoms with E-state index >= 15 is 0 Å². The summed E-state index contributed by atoms with van der Waals surface area (Å²) in [7, 11) is -3.23. The Balaban J connectivity index is 2.45. The van der Waals surface area contributed by atoms with Gasteiger partial charge in [0.25, 0.3) is 0 Å². The van der Waals surface area contributed by atoms with Crippen LogP contribution in [-0.2, 0) is 14.6 Å². The van der Waals surface area contributed by atoms with E-state index in [1.807, 2.05) is 0 Å². The van der Waals surface area contributed by atoms with Gasteiger partial charge in [-0.15, -0.1) is 0 Å². The monoisotopic (exact) mass is 325 g/mol. The molecule has 0 saturated heterocycles. The van der Waals surface area contributed by atoms with Crippen molar-refractivity contribution in [3.05, 3.63) is 0 Å². The van der Waals surface area contributed by atoms with E-state index in [9.17, 15) is 13.2 Å². The summed E-state index contributed by atoms with van der Waals surface area (Å²) < 4.78 is 21.9. The first-order valence-electron chi connectivity index (χ1n) is 5.87. The smallest absolute Gasteiger partial charge is 0.235 e. The maximum absolute atomic E-state index is 11.5. The largest absolute Gasteiger partial charge is 0.355 e. The number of carbonyl (C=O) groups excluding carboxylic acids is 1. The third-order valence-corrected chi connectivity index (χ3v) is 5.23. The average molecular weight is 326 g/mol. The van der Waals surface area contributed by atoms with Crippen LogP contribution in [-0.4, -0.2) is 38.2 Å². The maximum atomic E-state index is 11.5. The van der Waals surface area contributed by atoms with Crippen LogP contribution in [0.3, 0.4) is 0 Å². The molecule has 0 unspecified atom stereocenters. The lowest BCUT2D eigenvalue weighted by molar-refractivity contribution is -0.119. The van der Waals surface area contributed by atoms with E-state index in [4.69, 9.17) is 0 Å². The molecule has 0 aliphatic heterocycles. The van der Waals surface area contributed by atoms with Crippen molar-refractivity contribution >= 4 is 31.7 Å². The molecule has 1 rings (SSSR count). The zero-order valence-electron chi connectivity index (χ0n) is 10.2. The van der Waals surface area contributed by atoms with E-state index in [0.717, 1.165) is 24.4 Å². The summed E-state index contributed by atoms with van der Waals surface area (Å²) in [6.45, 7) is 0.576. The molecule has 0 aromatic heterocycles. The first-order valence-corrected chi connectivity index (χ1v) is 9.05. The molecule has 0 radical (unpaired) electrons. The van der Waals surface area contributed by atoms with Crippen LogP contribution in [0.25, 0.3) is 0 Å². The van der Waals surface area contributed by atoms with Crippen LogP contribution in [0.2, 0.25) is 0 Å². The highest BCUT2D eigenvalue weighted by molar-refractivity contribution is 9.09. The number of carbonyl (C=O) groups is 1. The van der Waals surface area contributed by atoms with E-state index in [2.05, 4.69) is 21.2 Å². The minimum Gasteiger partial charge on any atom is -0.355 e. The molecule has 1 N–H and O–H groups in total. The van der Waals surface area contributed by atoms with Crippen LogP contribution >= 0.6 is 15.9 Å². The van der Waals surface area contributed by atoms with E-state index in [0.29, 0.717) is 6.54 Å². The van der Waals surface area contributed by atoms with E-state index in [-0.39, 0.29) is 5.41 Å². The molecule has 4 nitrogen and oxygen atoms in total. The first kappa shape index (κ1) is 15.0. The number of alkyl halides is 1. The summed E-state index contributed by atoms with van der Waals surface area (Å²) in [5.74, 6) is -0.802. The molecule has 0 atom stereocenters. The van der Waals surface area contributed by atoms with Gasteiger partial charge in [-0.2, -0.15) is 0 Å². The Morgan fingerprint density at radius 2 is 1.88 bits per heavy atom. The SMILES string of the molecule is CS(=O)(=O)CC(=O)NCC1(CBr)CCCCC1. The normalized spacial score (nSPS) is 19.9. The van der Waals surface area contributed by atoms with Crippen molar-refractivity contribution in [3.8, 4) is 0 Å². The molecule has 0 heterocycles. The van der Waals surface area contributed by atoms with Gasteiger partial charge in [-0.05, 0) is 18.3 Å². The van der Waals surface area contributed by atoms with Gasteiger partial charge in [0.1, 0.15) is 5.75 Å². The third-order valence-electron chi connectivity index (χ3n) is 3.25. The predicted octanol–water partition coefficient (Wildman–Crippen LogP) is 1.49. The molecule has 1 amide bonds. The molecule has 1 aliphatic carbocycles. The fourth-order valence-corrected chi connectivity index (χ4v) is 3.57. The van der Waals surface area contributed by atoms with Crippen LogP contribution in [0.5, 0.6) is 0 Å². The van der Waals surface area contributed by atoms with Gasteiger partial charge in [0.15, 0.2) is 9.84 Å². The fraction of sp³-hybridized carbons (Fsp3) is 0.909. The molecule has 1 saturated carbocycles. The highest BCUT2D eigenvalue weighted by atomic mass is 79.9. The van der Waals surface area contributed by atoms with Crippen LogP contribution in [0.15, 0.2) is 0 Å².